The van der Waals surface area contributed by atoms with E-state index < -0.39 is 11.4 Å². The summed E-state index contributed by atoms with van der Waals surface area (Å²) in [6.45, 7) is 7.53. The summed E-state index contributed by atoms with van der Waals surface area (Å²) in [5, 5.41) is 8.83. The Morgan fingerprint density at radius 1 is 1.33 bits per heavy atom. The molecule has 1 aliphatic rings. The molecular weight excluding hydrogens is 230 g/mol. The van der Waals surface area contributed by atoms with Crippen LogP contribution in [0, 0.1) is 11.3 Å². The van der Waals surface area contributed by atoms with E-state index in [0.717, 1.165) is 25.9 Å². The third-order valence-corrected chi connectivity index (χ3v) is 3.71. The summed E-state index contributed by atoms with van der Waals surface area (Å²) in [5.74, 6) is -0.109. The van der Waals surface area contributed by atoms with Crippen molar-refractivity contribution in [2.45, 2.75) is 52.9 Å². The van der Waals surface area contributed by atoms with Crippen molar-refractivity contribution in [3.63, 3.8) is 0 Å². The molecule has 0 aliphatic carbocycles. The van der Waals surface area contributed by atoms with Gasteiger partial charge in [-0.05, 0) is 24.2 Å². The Bertz CT molecular complexity index is 312. The van der Waals surface area contributed by atoms with Crippen LogP contribution >= 0.6 is 0 Å². The molecule has 18 heavy (non-hydrogen) atoms. The van der Waals surface area contributed by atoms with E-state index in [9.17, 15) is 9.59 Å². The number of aliphatic carboxylic acids is 1. The lowest BCUT2D eigenvalue weighted by Crippen LogP contribution is -2.41. The molecule has 1 fully saturated rings. The number of nitrogens with zero attached hydrogens (tertiary/aromatic N) is 1. The first kappa shape index (κ1) is 15.0. The number of carbonyl (C=O) groups excluding carboxylic acids is 1. The van der Waals surface area contributed by atoms with Crippen LogP contribution in [0.5, 0.6) is 0 Å². The van der Waals surface area contributed by atoms with Gasteiger partial charge in [-0.3, -0.25) is 9.59 Å². The van der Waals surface area contributed by atoms with Gasteiger partial charge in [-0.1, -0.05) is 27.2 Å². The fourth-order valence-corrected chi connectivity index (χ4v) is 2.62. The largest absolute Gasteiger partial charge is 0.481 e. The molecule has 4 nitrogen and oxygen atoms in total. The quantitative estimate of drug-likeness (QED) is 0.821. The predicted octanol–water partition coefficient (Wildman–Crippen LogP) is 2.53. The van der Waals surface area contributed by atoms with Gasteiger partial charge in [0, 0.05) is 19.5 Å². The molecular formula is C14H25NO3. The lowest BCUT2D eigenvalue weighted by Gasteiger charge is -2.34. The third-order valence-electron chi connectivity index (χ3n) is 3.71. The minimum absolute atomic E-state index is 0.0454. The Kier molecular flexibility index (Phi) is 5.17. The number of hydrogen-bond donors (Lipinski definition) is 1. The molecule has 0 unspecified atom stereocenters. The maximum absolute atomic E-state index is 12.2. The van der Waals surface area contributed by atoms with E-state index in [0.29, 0.717) is 12.3 Å². The van der Waals surface area contributed by atoms with Gasteiger partial charge < -0.3 is 10.0 Å². The maximum Gasteiger partial charge on any atom is 0.303 e. The van der Waals surface area contributed by atoms with E-state index in [1.165, 1.54) is 6.42 Å². The Hall–Kier alpha value is -1.06. The highest BCUT2D eigenvalue weighted by Gasteiger charge is 2.29. The van der Waals surface area contributed by atoms with E-state index in [2.05, 4.69) is 6.92 Å². The maximum atomic E-state index is 12.2. The number of hydrogen-bond acceptors (Lipinski definition) is 2. The zero-order chi connectivity index (χ0) is 13.8. The molecule has 0 aromatic rings. The van der Waals surface area contributed by atoms with Gasteiger partial charge >= 0.3 is 5.97 Å². The molecule has 0 saturated carbocycles. The number of rotatable bonds is 5. The minimum atomic E-state index is -0.835. The van der Waals surface area contributed by atoms with Crippen molar-refractivity contribution < 1.29 is 14.7 Å². The lowest BCUT2D eigenvalue weighted by molar-refractivity contribution is -0.141. The Morgan fingerprint density at radius 2 is 2.00 bits per heavy atom. The average Bonchev–Trinajstić information content (AvgIpc) is 2.26. The first-order valence-electron chi connectivity index (χ1n) is 6.83. The monoisotopic (exact) mass is 255 g/mol. The van der Waals surface area contributed by atoms with Crippen molar-refractivity contribution in [1.82, 2.24) is 4.90 Å². The first-order chi connectivity index (χ1) is 8.34. The van der Waals surface area contributed by atoms with Crippen molar-refractivity contribution in [2.75, 3.05) is 13.1 Å². The van der Waals surface area contributed by atoms with Gasteiger partial charge in [-0.15, -0.1) is 0 Å². The number of carbonyl (C=O) groups is 2. The van der Waals surface area contributed by atoms with Crippen LogP contribution < -0.4 is 0 Å². The topological polar surface area (TPSA) is 57.6 Å². The van der Waals surface area contributed by atoms with E-state index >= 15 is 0 Å². The number of carboxylic acid groups (broad SMARTS) is 1. The Balaban J connectivity index is 2.51. The second kappa shape index (κ2) is 6.21. The van der Waals surface area contributed by atoms with Gasteiger partial charge in [0.1, 0.15) is 0 Å². The van der Waals surface area contributed by atoms with Gasteiger partial charge in [0.05, 0.1) is 6.42 Å². The molecule has 1 aliphatic heterocycles. The highest BCUT2D eigenvalue weighted by molar-refractivity contribution is 5.78. The van der Waals surface area contributed by atoms with E-state index in [1.807, 2.05) is 18.7 Å². The molecule has 1 heterocycles. The molecule has 1 rings (SSSR count). The fourth-order valence-electron chi connectivity index (χ4n) is 2.62. The number of likely N-dealkylation sites (tertiary alicyclic amines) is 1. The van der Waals surface area contributed by atoms with Gasteiger partial charge in [-0.25, -0.2) is 0 Å². The molecule has 1 atom stereocenters. The van der Waals surface area contributed by atoms with E-state index in [-0.39, 0.29) is 12.3 Å². The van der Waals surface area contributed by atoms with Gasteiger partial charge in [-0.2, -0.15) is 0 Å². The molecule has 1 amide bonds. The van der Waals surface area contributed by atoms with Crippen LogP contribution in [0.2, 0.25) is 0 Å². The lowest BCUT2D eigenvalue weighted by atomic mass is 9.84. The summed E-state index contributed by atoms with van der Waals surface area (Å²) < 4.78 is 0. The summed E-state index contributed by atoms with van der Waals surface area (Å²) in [4.78, 5) is 24.9. The molecule has 104 valence electrons. The Morgan fingerprint density at radius 3 is 2.56 bits per heavy atom. The van der Waals surface area contributed by atoms with Crippen molar-refractivity contribution >= 4 is 11.9 Å². The van der Waals surface area contributed by atoms with Gasteiger partial charge in [0.2, 0.25) is 5.91 Å². The number of piperidine rings is 1. The molecule has 0 bridgehead atoms. The highest BCUT2D eigenvalue weighted by atomic mass is 16.4. The molecule has 0 spiro atoms. The second-order valence-electron chi connectivity index (χ2n) is 6.17. The van der Waals surface area contributed by atoms with Crippen LogP contribution in [0.25, 0.3) is 0 Å². The van der Waals surface area contributed by atoms with Crippen LogP contribution in [0.4, 0.5) is 0 Å². The minimum Gasteiger partial charge on any atom is -0.481 e. The normalized spacial score (nSPS) is 20.8. The van der Waals surface area contributed by atoms with Crippen molar-refractivity contribution in [3.8, 4) is 0 Å². The summed E-state index contributed by atoms with van der Waals surface area (Å²) in [6, 6.07) is 0. The van der Waals surface area contributed by atoms with E-state index in [4.69, 9.17) is 5.11 Å². The highest BCUT2D eigenvalue weighted by Crippen LogP contribution is 2.28. The van der Waals surface area contributed by atoms with Crippen molar-refractivity contribution in [2.24, 2.45) is 11.3 Å². The standard InChI is InChI=1S/C14H25NO3/c1-4-11-6-5-7-15(10-11)12(16)8-14(2,3)9-13(17)18/h11H,4-10H2,1-3H3,(H,17,18)/t11-/m0/s1. The number of carboxylic acids is 1. The van der Waals surface area contributed by atoms with Crippen LogP contribution in [0.3, 0.4) is 0 Å². The zero-order valence-electron chi connectivity index (χ0n) is 11.7. The smallest absolute Gasteiger partial charge is 0.303 e. The number of amides is 1. The summed E-state index contributed by atoms with van der Waals surface area (Å²) in [6.07, 6.45) is 3.77. The zero-order valence-corrected chi connectivity index (χ0v) is 11.7. The molecule has 0 aromatic carbocycles. The van der Waals surface area contributed by atoms with Crippen molar-refractivity contribution in [1.29, 1.82) is 0 Å². The summed E-state index contributed by atoms with van der Waals surface area (Å²) >= 11 is 0. The second-order valence-corrected chi connectivity index (χ2v) is 6.17. The summed E-state index contributed by atoms with van der Waals surface area (Å²) in [7, 11) is 0. The predicted molar refractivity (Wildman–Crippen MR) is 70.2 cm³/mol. The average molecular weight is 255 g/mol. The Labute approximate surface area is 109 Å². The summed E-state index contributed by atoms with van der Waals surface area (Å²) in [5.41, 5.74) is -0.456. The van der Waals surface area contributed by atoms with E-state index in [1.54, 1.807) is 0 Å². The fraction of sp³-hybridized carbons (Fsp3) is 0.857. The van der Waals surface area contributed by atoms with Crippen LogP contribution in [0.15, 0.2) is 0 Å². The van der Waals surface area contributed by atoms with Gasteiger partial charge in [0.15, 0.2) is 0 Å². The molecule has 0 aromatic heterocycles. The van der Waals surface area contributed by atoms with Crippen LogP contribution in [-0.4, -0.2) is 35.0 Å². The molecule has 0 radical (unpaired) electrons. The van der Waals surface area contributed by atoms with Crippen LogP contribution in [0.1, 0.15) is 52.9 Å². The molecule has 1 saturated heterocycles. The van der Waals surface area contributed by atoms with Crippen LogP contribution in [-0.2, 0) is 9.59 Å². The third kappa shape index (κ3) is 4.67. The van der Waals surface area contributed by atoms with Crippen molar-refractivity contribution in [3.05, 3.63) is 0 Å². The first-order valence-corrected chi connectivity index (χ1v) is 6.83. The molecule has 4 heteroatoms. The SMILES string of the molecule is CC[C@H]1CCCN(C(=O)CC(C)(C)CC(=O)O)C1. The molecule has 1 N–H and O–H groups in total. The van der Waals surface area contributed by atoms with Gasteiger partial charge in [0.25, 0.3) is 0 Å².